The number of rotatable bonds is 3. The van der Waals surface area contributed by atoms with Crippen molar-refractivity contribution in [2.75, 3.05) is 18.4 Å². The second kappa shape index (κ2) is 7.09. The van der Waals surface area contributed by atoms with Gasteiger partial charge in [-0.05, 0) is 43.5 Å². The summed E-state index contributed by atoms with van der Waals surface area (Å²) in [5, 5.41) is 2.86. The number of piperidine rings is 1. The van der Waals surface area contributed by atoms with E-state index >= 15 is 0 Å². The lowest BCUT2D eigenvalue weighted by molar-refractivity contribution is 0.0725. The summed E-state index contributed by atoms with van der Waals surface area (Å²) in [6, 6.07) is 16.2. The minimum Gasteiger partial charge on any atom is -0.339 e. The third-order valence-corrected chi connectivity index (χ3v) is 4.08. The molecule has 2 aromatic rings. The fraction of sp³-hybridized carbons (Fsp3) is 0.263. The second-order valence-corrected chi connectivity index (χ2v) is 5.72. The SMILES string of the molecule is O=C(Nc1ccccc1C(=O)N1CCCCC1)c1ccccc1. The number of nitrogens with zero attached hydrogens (tertiary/aromatic N) is 1. The molecule has 0 aliphatic carbocycles. The Morgan fingerprint density at radius 1 is 0.826 bits per heavy atom. The summed E-state index contributed by atoms with van der Waals surface area (Å²) < 4.78 is 0. The van der Waals surface area contributed by atoms with Crippen LogP contribution in [0.25, 0.3) is 0 Å². The second-order valence-electron chi connectivity index (χ2n) is 5.72. The predicted octanol–water partition coefficient (Wildman–Crippen LogP) is 3.57. The lowest BCUT2D eigenvalue weighted by atomic mass is 10.1. The molecule has 23 heavy (non-hydrogen) atoms. The molecule has 1 aliphatic rings. The molecule has 1 aliphatic heterocycles. The predicted molar refractivity (Wildman–Crippen MR) is 90.6 cm³/mol. The molecule has 0 saturated carbocycles. The minimum absolute atomic E-state index is 0.00587. The Hall–Kier alpha value is -2.62. The summed E-state index contributed by atoms with van der Waals surface area (Å²) in [6.07, 6.45) is 3.27. The number of benzene rings is 2. The van der Waals surface area contributed by atoms with E-state index < -0.39 is 0 Å². The fourth-order valence-corrected chi connectivity index (χ4v) is 2.83. The van der Waals surface area contributed by atoms with Crippen molar-refractivity contribution >= 4 is 17.5 Å². The molecule has 0 spiro atoms. The van der Waals surface area contributed by atoms with Crippen LogP contribution in [0.3, 0.4) is 0 Å². The van der Waals surface area contributed by atoms with E-state index in [4.69, 9.17) is 0 Å². The van der Waals surface area contributed by atoms with Crippen LogP contribution in [0.5, 0.6) is 0 Å². The van der Waals surface area contributed by atoms with Crippen LogP contribution in [0.4, 0.5) is 5.69 Å². The standard InChI is InChI=1S/C19H20N2O2/c22-18(15-9-3-1-4-10-15)20-17-12-6-5-11-16(17)19(23)21-13-7-2-8-14-21/h1,3-6,9-12H,2,7-8,13-14H2,(H,20,22). The van der Waals surface area contributed by atoms with Crippen molar-refractivity contribution in [1.82, 2.24) is 4.90 Å². The molecule has 4 heteroatoms. The van der Waals surface area contributed by atoms with Crippen molar-refractivity contribution < 1.29 is 9.59 Å². The van der Waals surface area contributed by atoms with Gasteiger partial charge in [-0.25, -0.2) is 0 Å². The number of carbonyl (C=O) groups excluding carboxylic acids is 2. The topological polar surface area (TPSA) is 49.4 Å². The van der Waals surface area contributed by atoms with Crippen molar-refractivity contribution in [1.29, 1.82) is 0 Å². The van der Waals surface area contributed by atoms with Gasteiger partial charge < -0.3 is 10.2 Å². The molecule has 1 heterocycles. The van der Waals surface area contributed by atoms with Crippen molar-refractivity contribution in [2.45, 2.75) is 19.3 Å². The number of amides is 2. The highest BCUT2D eigenvalue weighted by atomic mass is 16.2. The smallest absolute Gasteiger partial charge is 0.255 e. The number of hydrogen-bond acceptors (Lipinski definition) is 2. The van der Waals surface area contributed by atoms with Gasteiger partial charge in [0.05, 0.1) is 11.3 Å². The molecule has 0 radical (unpaired) electrons. The van der Waals surface area contributed by atoms with E-state index in [1.54, 1.807) is 24.3 Å². The maximum atomic E-state index is 12.7. The van der Waals surface area contributed by atoms with Gasteiger partial charge in [0.2, 0.25) is 0 Å². The number of likely N-dealkylation sites (tertiary alicyclic amines) is 1. The highest BCUT2D eigenvalue weighted by molar-refractivity contribution is 6.09. The van der Waals surface area contributed by atoms with E-state index in [-0.39, 0.29) is 11.8 Å². The summed E-state index contributed by atoms with van der Waals surface area (Å²) in [4.78, 5) is 26.9. The molecular formula is C19H20N2O2. The third kappa shape index (κ3) is 3.59. The van der Waals surface area contributed by atoms with Gasteiger partial charge in [0.15, 0.2) is 0 Å². The average molecular weight is 308 g/mol. The Labute approximate surface area is 136 Å². The van der Waals surface area contributed by atoms with Gasteiger partial charge in [-0.3, -0.25) is 9.59 Å². The van der Waals surface area contributed by atoms with E-state index in [0.29, 0.717) is 16.8 Å². The molecule has 1 fully saturated rings. The molecule has 1 saturated heterocycles. The van der Waals surface area contributed by atoms with Gasteiger partial charge in [-0.1, -0.05) is 30.3 Å². The van der Waals surface area contributed by atoms with Crippen LogP contribution < -0.4 is 5.32 Å². The maximum absolute atomic E-state index is 12.7. The lowest BCUT2D eigenvalue weighted by Crippen LogP contribution is -2.36. The highest BCUT2D eigenvalue weighted by Gasteiger charge is 2.21. The summed E-state index contributed by atoms with van der Waals surface area (Å²) in [6.45, 7) is 1.58. The largest absolute Gasteiger partial charge is 0.339 e. The quantitative estimate of drug-likeness (QED) is 0.942. The van der Waals surface area contributed by atoms with Crippen LogP contribution in [0.2, 0.25) is 0 Å². The first kappa shape index (κ1) is 15.3. The van der Waals surface area contributed by atoms with Gasteiger partial charge in [-0.15, -0.1) is 0 Å². The molecule has 2 aromatic carbocycles. The summed E-state index contributed by atoms with van der Waals surface area (Å²) in [5.74, 6) is -0.210. The Morgan fingerprint density at radius 3 is 2.22 bits per heavy atom. The summed E-state index contributed by atoms with van der Waals surface area (Å²) in [7, 11) is 0. The number of para-hydroxylation sites is 1. The number of nitrogens with one attached hydrogen (secondary N) is 1. The van der Waals surface area contributed by atoms with Gasteiger partial charge in [0.1, 0.15) is 0 Å². The molecule has 0 bridgehead atoms. The zero-order valence-corrected chi connectivity index (χ0v) is 13.0. The molecular weight excluding hydrogens is 288 g/mol. The highest BCUT2D eigenvalue weighted by Crippen LogP contribution is 2.20. The lowest BCUT2D eigenvalue weighted by Gasteiger charge is -2.27. The summed E-state index contributed by atoms with van der Waals surface area (Å²) >= 11 is 0. The van der Waals surface area contributed by atoms with Gasteiger partial charge in [0, 0.05) is 18.7 Å². The first-order chi connectivity index (χ1) is 11.3. The first-order valence-corrected chi connectivity index (χ1v) is 8.00. The number of carbonyl (C=O) groups is 2. The van der Waals surface area contributed by atoms with Crippen molar-refractivity contribution in [3.05, 3.63) is 65.7 Å². The van der Waals surface area contributed by atoms with E-state index in [9.17, 15) is 9.59 Å². The average Bonchev–Trinajstić information content (AvgIpc) is 2.63. The van der Waals surface area contributed by atoms with Crippen LogP contribution >= 0.6 is 0 Å². The first-order valence-electron chi connectivity index (χ1n) is 8.00. The van der Waals surface area contributed by atoms with Crippen LogP contribution in [0, 0.1) is 0 Å². The zero-order valence-electron chi connectivity index (χ0n) is 13.0. The van der Waals surface area contributed by atoms with Gasteiger partial charge in [-0.2, -0.15) is 0 Å². The van der Waals surface area contributed by atoms with E-state index in [1.807, 2.05) is 35.2 Å². The van der Waals surface area contributed by atoms with Gasteiger partial charge in [0.25, 0.3) is 11.8 Å². The Bertz CT molecular complexity index is 692. The molecule has 0 aromatic heterocycles. The van der Waals surface area contributed by atoms with Crippen molar-refractivity contribution in [3.63, 3.8) is 0 Å². The van der Waals surface area contributed by atoms with E-state index in [1.165, 1.54) is 6.42 Å². The molecule has 3 rings (SSSR count). The Balaban J connectivity index is 1.80. The molecule has 4 nitrogen and oxygen atoms in total. The normalized spacial score (nSPS) is 14.3. The van der Waals surface area contributed by atoms with Crippen LogP contribution in [-0.4, -0.2) is 29.8 Å². The molecule has 118 valence electrons. The monoisotopic (exact) mass is 308 g/mol. The van der Waals surface area contributed by atoms with E-state index in [2.05, 4.69) is 5.32 Å². The number of anilines is 1. The molecule has 0 unspecified atom stereocenters. The Morgan fingerprint density at radius 2 is 1.48 bits per heavy atom. The van der Waals surface area contributed by atoms with Crippen LogP contribution in [0.1, 0.15) is 40.0 Å². The van der Waals surface area contributed by atoms with Gasteiger partial charge >= 0.3 is 0 Å². The molecule has 2 amide bonds. The molecule has 1 N–H and O–H groups in total. The Kier molecular flexibility index (Phi) is 4.71. The van der Waals surface area contributed by atoms with Crippen molar-refractivity contribution in [3.8, 4) is 0 Å². The van der Waals surface area contributed by atoms with Crippen LogP contribution in [0.15, 0.2) is 54.6 Å². The van der Waals surface area contributed by atoms with Crippen molar-refractivity contribution in [2.24, 2.45) is 0 Å². The molecule has 0 atom stereocenters. The maximum Gasteiger partial charge on any atom is 0.255 e. The number of hydrogen-bond donors (Lipinski definition) is 1. The minimum atomic E-state index is -0.204. The third-order valence-electron chi connectivity index (χ3n) is 4.08. The van der Waals surface area contributed by atoms with E-state index in [0.717, 1.165) is 25.9 Å². The zero-order chi connectivity index (χ0) is 16.1. The van der Waals surface area contributed by atoms with Crippen LogP contribution in [-0.2, 0) is 0 Å². The summed E-state index contributed by atoms with van der Waals surface area (Å²) in [5.41, 5.74) is 1.70. The fourth-order valence-electron chi connectivity index (χ4n) is 2.83.